The highest BCUT2D eigenvalue weighted by Gasteiger charge is 2.14. The molecule has 0 spiro atoms. The van der Waals surface area contributed by atoms with Gasteiger partial charge in [0.25, 0.3) is 5.91 Å². The van der Waals surface area contributed by atoms with Gasteiger partial charge in [0.1, 0.15) is 11.5 Å². The number of halogens is 1. The minimum absolute atomic E-state index is 0.284. The van der Waals surface area contributed by atoms with Crippen LogP contribution in [0.3, 0.4) is 0 Å². The highest BCUT2D eigenvalue weighted by Crippen LogP contribution is 2.32. The molecular weight excluding hydrogens is 414 g/mol. The average molecular weight is 440 g/mol. The summed E-state index contributed by atoms with van der Waals surface area (Å²) in [5.41, 5.74) is 1.77. The van der Waals surface area contributed by atoms with Crippen LogP contribution in [-0.4, -0.2) is 19.6 Å². The summed E-state index contributed by atoms with van der Waals surface area (Å²) in [7, 11) is 1.60. The molecule has 0 aromatic heterocycles. The SMILES string of the molecule is COc1ccc(C(=O)Nc2cc(Cl)ccc2Oc2ccccc2)cc1COCC(C)C. The standard InChI is InChI=1S/C25H26ClNO4/c1-17(2)15-30-16-19-13-18(9-11-23(19)29-3)25(28)27-22-14-20(26)10-12-24(22)31-21-7-5-4-6-8-21/h4-14,17H,15-16H2,1-3H3,(H,27,28). The summed E-state index contributed by atoms with van der Waals surface area (Å²) < 4.78 is 17.1. The van der Waals surface area contributed by atoms with Crippen molar-refractivity contribution in [3.05, 3.63) is 82.9 Å². The number of rotatable bonds is 9. The first kappa shape index (κ1) is 22.7. The molecule has 0 bridgehead atoms. The van der Waals surface area contributed by atoms with E-state index in [-0.39, 0.29) is 5.91 Å². The lowest BCUT2D eigenvalue weighted by Crippen LogP contribution is -2.13. The smallest absolute Gasteiger partial charge is 0.255 e. The van der Waals surface area contributed by atoms with Crippen LogP contribution in [0.25, 0.3) is 0 Å². The minimum Gasteiger partial charge on any atom is -0.496 e. The number of hydrogen-bond donors (Lipinski definition) is 1. The van der Waals surface area contributed by atoms with E-state index in [1.807, 2.05) is 30.3 Å². The average Bonchev–Trinajstić information content (AvgIpc) is 2.76. The van der Waals surface area contributed by atoms with Crippen molar-refractivity contribution in [1.82, 2.24) is 0 Å². The quantitative estimate of drug-likeness (QED) is 0.410. The van der Waals surface area contributed by atoms with E-state index in [0.717, 1.165) is 5.56 Å². The summed E-state index contributed by atoms with van der Waals surface area (Å²) in [4.78, 5) is 13.0. The highest BCUT2D eigenvalue weighted by molar-refractivity contribution is 6.31. The Morgan fingerprint density at radius 2 is 1.74 bits per heavy atom. The van der Waals surface area contributed by atoms with Crippen molar-refractivity contribution in [3.8, 4) is 17.2 Å². The van der Waals surface area contributed by atoms with Crippen molar-refractivity contribution in [3.63, 3.8) is 0 Å². The van der Waals surface area contributed by atoms with Crippen molar-refractivity contribution in [2.75, 3.05) is 19.0 Å². The van der Waals surface area contributed by atoms with Crippen molar-refractivity contribution >= 4 is 23.2 Å². The molecule has 0 aliphatic carbocycles. The molecule has 31 heavy (non-hydrogen) atoms. The van der Waals surface area contributed by atoms with Crippen LogP contribution < -0.4 is 14.8 Å². The van der Waals surface area contributed by atoms with Crippen LogP contribution in [0.15, 0.2) is 66.7 Å². The maximum Gasteiger partial charge on any atom is 0.255 e. The topological polar surface area (TPSA) is 56.8 Å². The normalized spacial score (nSPS) is 10.7. The summed E-state index contributed by atoms with van der Waals surface area (Å²) >= 11 is 6.16. The van der Waals surface area contributed by atoms with E-state index < -0.39 is 0 Å². The number of benzene rings is 3. The molecule has 1 amide bonds. The summed E-state index contributed by atoms with van der Waals surface area (Å²) in [6.45, 7) is 5.16. The molecule has 0 aliphatic rings. The van der Waals surface area contributed by atoms with Gasteiger partial charge >= 0.3 is 0 Å². The van der Waals surface area contributed by atoms with Crippen LogP contribution >= 0.6 is 11.6 Å². The molecule has 3 aromatic rings. The van der Waals surface area contributed by atoms with E-state index in [9.17, 15) is 4.79 Å². The maximum atomic E-state index is 13.0. The Bertz CT molecular complexity index is 1020. The van der Waals surface area contributed by atoms with E-state index in [2.05, 4.69) is 19.2 Å². The molecule has 1 N–H and O–H groups in total. The third-order valence-electron chi connectivity index (χ3n) is 4.41. The molecule has 0 saturated heterocycles. The third kappa shape index (κ3) is 6.48. The molecule has 0 fully saturated rings. The predicted octanol–water partition coefficient (Wildman–Crippen LogP) is 6.57. The van der Waals surface area contributed by atoms with Gasteiger partial charge in [-0.05, 0) is 54.4 Å². The van der Waals surface area contributed by atoms with Gasteiger partial charge in [0, 0.05) is 22.8 Å². The summed E-state index contributed by atoms with van der Waals surface area (Å²) in [5, 5.41) is 3.39. The van der Waals surface area contributed by atoms with Gasteiger partial charge in [0.2, 0.25) is 0 Å². The Labute approximate surface area is 187 Å². The Hall–Kier alpha value is -3.02. The van der Waals surface area contributed by atoms with E-state index in [1.165, 1.54) is 0 Å². The number of amides is 1. The van der Waals surface area contributed by atoms with Gasteiger partial charge in [-0.2, -0.15) is 0 Å². The van der Waals surface area contributed by atoms with Crippen LogP contribution in [0.5, 0.6) is 17.2 Å². The fourth-order valence-corrected chi connectivity index (χ4v) is 3.11. The van der Waals surface area contributed by atoms with E-state index in [4.69, 9.17) is 25.8 Å². The Morgan fingerprint density at radius 3 is 2.45 bits per heavy atom. The van der Waals surface area contributed by atoms with Gasteiger partial charge in [-0.3, -0.25) is 4.79 Å². The van der Waals surface area contributed by atoms with E-state index >= 15 is 0 Å². The lowest BCUT2D eigenvalue weighted by Gasteiger charge is -2.14. The molecule has 0 aliphatic heterocycles. The Morgan fingerprint density at radius 1 is 1.00 bits per heavy atom. The minimum atomic E-state index is -0.284. The predicted molar refractivity (Wildman–Crippen MR) is 123 cm³/mol. The Kier molecular flexibility index (Phi) is 7.93. The van der Waals surface area contributed by atoms with E-state index in [1.54, 1.807) is 43.5 Å². The molecule has 0 saturated carbocycles. The van der Waals surface area contributed by atoms with Crippen LogP contribution in [0, 0.1) is 5.92 Å². The first-order valence-electron chi connectivity index (χ1n) is 10.0. The lowest BCUT2D eigenvalue weighted by atomic mass is 10.1. The van der Waals surface area contributed by atoms with E-state index in [0.29, 0.717) is 52.7 Å². The van der Waals surface area contributed by atoms with Crippen molar-refractivity contribution in [2.45, 2.75) is 20.5 Å². The fourth-order valence-electron chi connectivity index (χ4n) is 2.94. The second kappa shape index (κ2) is 10.8. The highest BCUT2D eigenvalue weighted by atomic mass is 35.5. The number of anilines is 1. The number of hydrogen-bond acceptors (Lipinski definition) is 4. The second-order valence-corrected chi connectivity index (χ2v) is 7.88. The molecule has 0 atom stereocenters. The van der Waals surface area contributed by atoms with Crippen LogP contribution in [0.4, 0.5) is 5.69 Å². The monoisotopic (exact) mass is 439 g/mol. The van der Waals surface area contributed by atoms with Gasteiger partial charge in [-0.1, -0.05) is 43.6 Å². The molecule has 162 valence electrons. The third-order valence-corrected chi connectivity index (χ3v) is 4.65. The van der Waals surface area contributed by atoms with Crippen LogP contribution in [-0.2, 0) is 11.3 Å². The number of methoxy groups -OCH3 is 1. The lowest BCUT2D eigenvalue weighted by molar-refractivity contribution is 0.0952. The molecule has 3 rings (SSSR count). The molecule has 0 heterocycles. The van der Waals surface area contributed by atoms with Gasteiger partial charge in [-0.25, -0.2) is 0 Å². The number of nitrogens with one attached hydrogen (secondary N) is 1. The first-order valence-corrected chi connectivity index (χ1v) is 10.4. The van der Waals surface area contributed by atoms with Crippen molar-refractivity contribution < 1.29 is 19.0 Å². The van der Waals surface area contributed by atoms with Gasteiger partial charge < -0.3 is 19.5 Å². The number of ether oxygens (including phenoxy) is 3. The Balaban J connectivity index is 1.80. The molecule has 3 aromatic carbocycles. The maximum absolute atomic E-state index is 13.0. The van der Waals surface area contributed by atoms with Crippen molar-refractivity contribution in [1.29, 1.82) is 0 Å². The zero-order chi connectivity index (χ0) is 22.2. The molecule has 0 unspecified atom stereocenters. The van der Waals surface area contributed by atoms with Crippen LogP contribution in [0.1, 0.15) is 29.8 Å². The van der Waals surface area contributed by atoms with Gasteiger partial charge in [-0.15, -0.1) is 0 Å². The van der Waals surface area contributed by atoms with Gasteiger partial charge in [0.15, 0.2) is 5.75 Å². The largest absolute Gasteiger partial charge is 0.496 e. The zero-order valence-corrected chi connectivity index (χ0v) is 18.6. The number of carbonyl (C=O) groups excluding carboxylic acids is 1. The van der Waals surface area contributed by atoms with Crippen molar-refractivity contribution in [2.24, 2.45) is 5.92 Å². The van der Waals surface area contributed by atoms with Gasteiger partial charge in [0.05, 0.1) is 19.4 Å². The zero-order valence-electron chi connectivity index (χ0n) is 17.9. The number of carbonyl (C=O) groups is 1. The van der Waals surface area contributed by atoms with Crippen LogP contribution in [0.2, 0.25) is 5.02 Å². The number of para-hydroxylation sites is 1. The molecule has 5 nitrogen and oxygen atoms in total. The first-order chi connectivity index (χ1) is 15.0. The molecular formula is C25H26ClNO4. The fraction of sp³-hybridized carbons (Fsp3) is 0.240. The second-order valence-electron chi connectivity index (χ2n) is 7.45. The summed E-state index contributed by atoms with van der Waals surface area (Å²) in [6.07, 6.45) is 0. The molecule has 0 radical (unpaired) electrons. The summed E-state index contributed by atoms with van der Waals surface area (Å²) in [6, 6.07) is 19.7. The summed E-state index contributed by atoms with van der Waals surface area (Å²) in [5.74, 6) is 1.97. The molecule has 6 heteroatoms.